The van der Waals surface area contributed by atoms with Crippen molar-refractivity contribution in [3.05, 3.63) is 63.6 Å². The van der Waals surface area contributed by atoms with Gasteiger partial charge in [0, 0.05) is 16.7 Å². The van der Waals surface area contributed by atoms with Crippen LogP contribution in [-0.4, -0.2) is 12.8 Å². The van der Waals surface area contributed by atoms with E-state index in [2.05, 4.69) is 36.5 Å². The maximum Gasteiger partial charge on any atom is 0.0640 e. The van der Waals surface area contributed by atoms with Gasteiger partial charge in [0.05, 0.1) is 10.0 Å². The van der Waals surface area contributed by atoms with Crippen LogP contribution in [0.1, 0.15) is 17.2 Å². The lowest BCUT2D eigenvalue weighted by Crippen LogP contribution is -2.19. The Morgan fingerprint density at radius 3 is 2.55 bits per heavy atom. The monoisotopic (exact) mass is 325 g/mol. The van der Waals surface area contributed by atoms with Crippen LogP contribution >= 0.6 is 35.0 Å². The Balaban J connectivity index is 2.14. The van der Waals surface area contributed by atoms with Crippen molar-refractivity contribution in [1.29, 1.82) is 0 Å². The molecule has 1 atom stereocenters. The van der Waals surface area contributed by atoms with Gasteiger partial charge in [0.2, 0.25) is 0 Å². The van der Waals surface area contributed by atoms with E-state index in [0.29, 0.717) is 10.0 Å². The molecular formula is C16H17Cl2NS. The van der Waals surface area contributed by atoms with Crippen LogP contribution in [-0.2, 0) is 0 Å². The number of rotatable bonds is 5. The second-order valence-corrected chi connectivity index (χ2v) is 6.41. The predicted molar refractivity (Wildman–Crippen MR) is 90.2 cm³/mol. The fourth-order valence-electron chi connectivity index (χ4n) is 2.01. The van der Waals surface area contributed by atoms with E-state index in [0.717, 1.165) is 11.3 Å². The predicted octanol–water partition coefficient (Wildman–Crippen LogP) is 5.35. The molecule has 0 aliphatic carbocycles. The van der Waals surface area contributed by atoms with Gasteiger partial charge in [0.1, 0.15) is 0 Å². The second kappa shape index (κ2) is 7.37. The van der Waals surface area contributed by atoms with E-state index in [1.807, 2.05) is 37.0 Å². The molecule has 0 aliphatic heterocycles. The first-order chi connectivity index (χ1) is 9.63. The van der Waals surface area contributed by atoms with Crippen LogP contribution in [0.3, 0.4) is 0 Å². The molecule has 20 heavy (non-hydrogen) atoms. The van der Waals surface area contributed by atoms with E-state index in [9.17, 15) is 0 Å². The molecule has 2 rings (SSSR count). The molecule has 0 saturated heterocycles. The molecule has 0 saturated carbocycles. The van der Waals surface area contributed by atoms with Gasteiger partial charge in [-0.15, -0.1) is 11.8 Å². The zero-order valence-corrected chi connectivity index (χ0v) is 13.8. The fourth-order valence-corrected chi connectivity index (χ4v) is 3.61. The topological polar surface area (TPSA) is 12.0 Å². The minimum atomic E-state index is 0.172. The van der Waals surface area contributed by atoms with Crippen LogP contribution in [0.4, 0.5) is 0 Å². The summed E-state index contributed by atoms with van der Waals surface area (Å²) in [5, 5.41) is 4.55. The Hall–Kier alpha value is -0.670. The normalized spacial score (nSPS) is 12.4. The first-order valence-electron chi connectivity index (χ1n) is 6.43. The van der Waals surface area contributed by atoms with Gasteiger partial charge < -0.3 is 5.32 Å². The average Bonchev–Trinajstić information content (AvgIpc) is 2.45. The number of benzene rings is 2. The van der Waals surface area contributed by atoms with E-state index in [4.69, 9.17) is 23.2 Å². The van der Waals surface area contributed by atoms with Gasteiger partial charge in [-0.3, -0.25) is 0 Å². The summed E-state index contributed by atoms with van der Waals surface area (Å²) in [6.07, 6.45) is 0. The minimum absolute atomic E-state index is 0.172. The van der Waals surface area contributed by atoms with Crippen molar-refractivity contribution in [3.63, 3.8) is 0 Å². The van der Waals surface area contributed by atoms with Crippen molar-refractivity contribution >= 4 is 35.0 Å². The van der Waals surface area contributed by atoms with Crippen molar-refractivity contribution in [2.24, 2.45) is 0 Å². The van der Waals surface area contributed by atoms with Crippen molar-refractivity contribution in [1.82, 2.24) is 5.32 Å². The molecular weight excluding hydrogens is 309 g/mol. The van der Waals surface area contributed by atoms with Crippen molar-refractivity contribution in [2.45, 2.75) is 17.9 Å². The Morgan fingerprint density at radius 1 is 1.10 bits per heavy atom. The molecule has 1 N–H and O–H groups in total. The highest BCUT2D eigenvalue weighted by molar-refractivity contribution is 7.99. The molecule has 0 bridgehead atoms. The first kappa shape index (κ1) is 15.7. The Bertz CT molecular complexity index is 586. The molecule has 2 aromatic carbocycles. The molecule has 0 fully saturated rings. The van der Waals surface area contributed by atoms with Crippen molar-refractivity contribution < 1.29 is 0 Å². The summed E-state index contributed by atoms with van der Waals surface area (Å²) >= 11 is 14.2. The number of hydrogen-bond donors (Lipinski definition) is 1. The van der Waals surface area contributed by atoms with Crippen LogP contribution in [0, 0.1) is 6.92 Å². The number of nitrogens with one attached hydrogen (secondary N) is 1. The molecule has 0 heterocycles. The van der Waals surface area contributed by atoms with Gasteiger partial charge in [-0.1, -0.05) is 53.5 Å². The molecule has 1 unspecified atom stereocenters. The summed E-state index contributed by atoms with van der Waals surface area (Å²) in [4.78, 5) is 1.30. The number of hydrogen-bond acceptors (Lipinski definition) is 2. The van der Waals surface area contributed by atoms with E-state index in [1.54, 1.807) is 0 Å². The number of halogens is 2. The van der Waals surface area contributed by atoms with E-state index >= 15 is 0 Å². The average molecular weight is 326 g/mol. The molecule has 2 aromatic rings. The standard InChI is InChI=1S/C16H17Cl2NS/c1-11-6-3-4-9-15(11)20-10-14(19-2)12-7-5-8-13(17)16(12)18/h3-9,14,19H,10H2,1-2H3. The third kappa shape index (κ3) is 3.70. The lowest BCUT2D eigenvalue weighted by atomic mass is 10.1. The van der Waals surface area contributed by atoms with Crippen molar-refractivity contribution in [2.75, 3.05) is 12.8 Å². The van der Waals surface area contributed by atoms with Gasteiger partial charge in [-0.05, 0) is 37.2 Å². The fraction of sp³-hybridized carbons (Fsp3) is 0.250. The molecule has 106 valence electrons. The van der Waals surface area contributed by atoms with Crippen LogP contribution in [0.2, 0.25) is 10.0 Å². The van der Waals surface area contributed by atoms with E-state index in [1.165, 1.54) is 10.5 Å². The molecule has 0 amide bonds. The molecule has 0 aromatic heterocycles. The van der Waals surface area contributed by atoms with Gasteiger partial charge in [0.25, 0.3) is 0 Å². The summed E-state index contributed by atoms with van der Waals surface area (Å²) in [5.41, 5.74) is 2.34. The van der Waals surface area contributed by atoms with Gasteiger partial charge >= 0.3 is 0 Å². The van der Waals surface area contributed by atoms with Gasteiger partial charge in [-0.2, -0.15) is 0 Å². The molecule has 4 heteroatoms. The second-order valence-electron chi connectivity index (χ2n) is 4.56. The zero-order valence-electron chi connectivity index (χ0n) is 11.5. The summed E-state index contributed by atoms with van der Waals surface area (Å²) in [7, 11) is 1.94. The van der Waals surface area contributed by atoms with Crippen molar-refractivity contribution in [3.8, 4) is 0 Å². The maximum atomic E-state index is 6.30. The highest BCUT2D eigenvalue weighted by atomic mass is 35.5. The minimum Gasteiger partial charge on any atom is -0.312 e. The SMILES string of the molecule is CNC(CSc1ccccc1C)c1cccc(Cl)c1Cl. The Labute approximate surface area is 134 Å². The summed E-state index contributed by atoms with van der Waals surface area (Å²) in [5.74, 6) is 0.904. The van der Waals surface area contributed by atoms with Crippen LogP contribution in [0.25, 0.3) is 0 Å². The Kier molecular flexibility index (Phi) is 5.79. The Morgan fingerprint density at radius 2 is 1.85 bits per heavy atom. The largest absolute Gasteiger partial charge is 0.312 e. The lowest BCUT2D eigenvalue weighted by molar-refractivity contribution is 0.662. The number of aryl methyl sites for hydroxylation is 1. The van der Waals surface area contributed by atoms with E-state index in [-0.39, 0.29) is 6.04 Å². The van der Waals surface area contributed by atoms with Gasteiger partial charge in [-0.25, -0.2) is 0 Å². The maximum absolute atomic E-state index is 6.30. The smallest absolute Gasteiger partial charge is 0.0640 e. The third-order valence-electron chi connectivity index (χ3n) is 3.20. The zero-order chi connectivity index (χ0) is 14.5. The summed E-state index contributed by atoms with van der Waals surface area (Å²) in [6, 6.07) is 14.3. The van der Waals surface area contributed by atoms with Crippen LogP contribution in [0.15, 0.2) is 47.4 Å². The first-order valence-corrected chi connectivity index (χ1v) is 8.17. The van der Waals surface area contributed by atoms with Crippen LogP contribution < -0.4 is 5.32 Å². The quantitative estimate of drug-likeness (QED) is 0.743. The van der Waals surface area contributed by atoms with Crippen LogP contribution in [0.5, 0.6) is 0 Å². The molecule has 0 radical (unpaired) electrons. The molecule has 1 nitrogen and oxygen atoms in total. The molecule has 0 aliphatic rings. The third-order valence-corrected chi connectivity index (χ3v) is 5.31. The highest BCUT2D eigenvalue weighted by Gasteiger charge is 2.15. The summed E-state index contributed by atoms with van der Waals surface area (Å²) < 4.78 is 0. The lowest BCUT2D eigenvalue weighted by Gasteiger charge is -2.18. The number of thioether (sulfide) groups is 1. The van der Waals surface area contributed by atoms with E-state index < -0.39 is 0 Å². The highest BCUT2D eigenvalue weighted by Crippen LogP contribution is 2.33. The summed E-state index contributed by atoms with van der Waals surface area (Å²) in [6.45, 7) is 2.13. The molecule has 0 spiro atoms. The van der Waals surface area contributed by atoms with Gasteiger partial charge in [0.15, 0.2) is 0 Å².